The van der Waals surface area contributed by atoms with Gasteiger partial charge >= 0.3 is 6.18 Å². The number of sulfonamides is 1. The second kappa shape index (κ2) is 5.68. The van der Waals surface area contributed by atoms with Gasteiger partial charge in [0.15, 0.2) is 0 Å². The quantitative estimate of drug-likeness (QED) is 0.925. The predicted octanol–water partition coefficient (Wildman–Crippen LogP) is 3.44. The van der Waals surface area contributed by atoms with Crippen LogP contribution in [-0.2, 0) is 16.2 Å². The molecule has 0 spiro atoms. The number of halogens is 4. The van der Waals surface area contributed by atoms with Crippen molar-refractivity contribution in [3.05, 3.63) is 28.8 Å². The summed E-state index contributed by atoms with van der Waals surface area (Å²) < 4.78 is 63.8. The van der Waals surface area contributed by atoms with Crippen molar-refractivity contribution < 1.29 is 21.6 Å². The molecule has 108 valence electrons. The Morgan fingerprint density at radius 1 is 1.37 bits per heavy atom. The Hall–Kier alpha value is -0.790. The summed E-state index contributed by atoms with van der Waals surface area (Å²) in [4.78, 5) is -0.565. The summed E-state index contributed by atoms with van der Waals surface area (Å²) in [5.41, 5.74) is -1.05. The van der Waals surface area contributed by atoms with Crippen LogP contribution in [0.25, 0.3) is 0 Å². The summed E-state index contributed by atoms with van der Waals surface area (Å²) in [6.45, 7) is 3.36. The lowest BCUT2D eigenvalue weighted by molar-refractivity contribution is -0.137. The molecule has 0 aromatic heterocycles. The van der Waals surface area contributed by atoms with Gasteiger partial charge in [-0.2, -0.15) is 13.2 Å². The van der Waals surface area contributed by atoms with Crippen molar-refractivity contribution in [2.75, 3.05) is 0 Å². The van der Waals surface area contributed by atoms with E-state index in [4.69, 9.17) is 11.6 Å². The lowest BCUT2D eigenvalue weighted by Crippen LogP contribution is -2.32. The highest BCUT2D eigenvalue weighted by Crippen LogP contribution is 2.33. The van der Waals surface area contributed by atoms with E-state index in [1.54, 1.807) is 13.8 Å². The Bertz CT molecular complexity index is 558. The van der Waals surface area contributed by atoms with Gasteiger partial charge in [-0.05, 0) is 31.5 Å². The fraction of sp³-hybridized carbons (Fsp3) is 0.455. The third kappa shape index (κ3) is 4.09. The van der Waals surface area contributed by atoms with Crippen molar-refractivity contribution in [1.29, 1.82) is 0 Å². The second-order valence-electron chi connectivity index (χ2n) is 4.07. The standard InChI is InChI=1S/C11H13ClF3NO2S/c1-3-7(2)16-19(17,18)10-6-8(11(13,14)15)4-5-9(10)12/h4-7,16H,3H2,1-2H3/t7-/m1/s1. The van der Waals surface area contributed by atoms with Gasteiger partial charge < -0.3 is 0 Å². The number of hydrogen-bond donors (Lipinski definition) is 1. The van der Waals surface area contributed by atoms with Gasteiger partial charge in [-0.3, -0.25) is 0 Å². The fourth-order valence-corrected chi connectivity index (χ4v) is 3.15. The summed E-state index contributed by atoms with van der Waals surface area (Å²) in [5.74, 6) is 0. The van der Waals surface area contributed by atoms with Crippen LogP contribution in [0.3, 0.4) is 0 Å². The Morgan fingerprint density at radius 2 is 1.95 bits per heavy atom. The Morgan fingerprint density at radius 3 is 2.42 bits per heavy atom. The summed E-state index contributed by atoms with van der Waals surface area (Å²) in [7, 11) is -4.07. The van der Waals surface area contributed by atoms with Gasteiger partial charge in [-0.25, -0.2) is 13.1 Å². The third-order valence-corrected chi connectivity index (χ3v) is 4.59. The molecular weight excluding hydrogens is 303 g/mol. The predicted molar refractivity (Wildman–Crippen MR) is 66.5 cm³/mol. The third-order valence-electron chi connectivity index (χ3n) is 2.52. The zero-order valence-corrected chi connectivity index (χ0v) is 11.8. The van der Waals surface area contributed by atoms with Crippen molar-refractivity contribution >= 4 is 21.6 Å². The molecule has 3 nitrogen and oxygen atoms in total. The van der Waals surface area contributed by atoms with Gasteiger partial charge in [0.2, 0.25) is 10.0 Å². The Balaban J connectivity index is 3.26. The summed E-state index contributed by atoms with van der Waals surface area (Å²) in [6.07, 6.45) is -4.11. The maximum atomic E-state index is 12.6. The molecule has 1 atom stereocenters. The van der Waals surface area contributed by atoms with Crippen LogP contribution in [0.2, 0.25) is 5.02 Å². The molecule has 0 radical (unpaired) electrons. The van der Waals surface area contributed by atoms with Crippen molar-refractivity contribution in [1.82, 2.24) is 4.72 Å². The number of alkyl halides is 3. The van der Waals surface area contributed by atoms with Crippen molar-refractivity contribution in [2.45, 2.75) is 37.4 Å². The zero-order valence-electron chi connectivity index (χ0n) is 10.3. The molecule has 0 fully saturated rings. The molecule has 0 bridgehead atoms. The summed E-state index contributed by atoms with van der Waals surface area (Å²) in [6, 6.07) is 1.81. The van der Waals surface area contributed by atoms with E-state index in [2.05, 4.69) is 4.72 Å². The monoisotopic (exact) mass is 315 g/mol. The molecule has 1 rings (SSSR count). The molecule has 0 heterocycles. The van der Waals surface area contributed by atoms with Crippen molar-refractivity contribution in [2.24, 2.45) is 0 Å². The lowest BCUT2D eigenvalue weighted by Gasteiger charge is -2.14. The molecule has 0 aliphatic rings. The van der Waals surface area contributed by atoms with Crippen LogP contribution in [0.1, 0.15) is 25.8 Å². The van der Waals surface area contributed by atoms with Gasteiger partial charge in [0.1, 0.15) is 4.90 Å². The van der Waals surface area contributed by atoms with Crippen molar-refractivity contribution in [3.8, 4) is 0 Å². The van der Waals surface area contributed by atoms with E-state index >= 15 is 0 Å². The molecule has 0 saturated heterocycles. The Kier molecular flexibility index (Phi) is 4.86. The molecule has 0 aliphatic heterocycles. The SMILES string of the molecule is CC[C@@H](C)NS(=O)(=O)c1cc(C(F)(F)F)ccc1Cl. The van der Waals surface area contributed by atoms with Gasteiger partial charge in [-0.15, -0.1) is 0 Å². The largest absolute Gasteiger partial charge is 0.416 e. The van der Waals surface area contributed by atoms with Gasteiger partial charge in [0.05, 0.1) is 10.6 Å². The molecule has 1 N–H and O–H groups in total. The lowest BCUT2D eigenvalue weighted by atomic mass is 10.2. The number of nitrogens with one attached hydrogen (secondary N) is 1. The molecular formula is C11H13ClF3NO2S. The molecule has 0 saturated carbocycles. The van der Waals surface area contributed by atoms with Crippen LogP contribution < -0.4 is 4.72 Å². The number of hydrogen-bond acceptors (Lipinski definition) is 2. The molecule has 0 aliphatic carbocycles. The smallest absolute Gasteiger partial charge is 0.208 e. The average molecular weight is 316 g/mol. The maximum Gasteiger partial charge on any atom is 0.416 e. The van der Waals surface area contributed by atoms with E-state index < -0.39 is 32.7 Å². The first-order valence-corrected chi connectivity index (χ1v) is 7.33. The van der Waals surface area contributed by atoms with Gasteiger partial charge in [0, 0.05) is 6.04 Å². The topological polar surface area (TPSA) is 46.2 Å². The summed E-state index contributed by atoms with van der Waals surface area (Å²) >= 11 is 5.67. The van der Waals surface area contributed by atoms with E-state index in [0.717, 1.165) is 12.1 Å². The van der Waals surface area contributed by atoms with Crippen LogP contribution in [0.5, 0.6) is 0 Å². The normalized spacial score (nSPS) is 14.4. The van der Waals surface area contributed by atoms with E-state index in [-0.39, 0.29) is 5.02 Å². The Labute approximate surface area is 114 Å². The van der Waals surface area contributed by atoms with Crippen LogP contribution in [0.15, 0.2) is 23.1 Å². The van der Waals surface area contributed by atoms with Crippen LogP contribution >= 0.6 is 11.6 Å². The highest BCUT2D eigenvalue weighted by Gasteiger charge is 2.32. The first-order valence-electron chi connectivity index (χ1n) is 5.47. The molecule has 0 amide bonds. The number of rotatable bonds is 4. The highest BCUT2D eigenvalue weighted by atomic mass is 35.5. The van der Waals surface area contributed by atoms with E-state index in [0.29, 0.717) is 12.5 Å². The molecule has 8 heteroatoms. The fourth-order valence-electron chi connectivity index (χ4n) is 1.30. The highest BCUT2D eigenvalue weighted by molar-refractivity contribution is 7.89. The van der Waals surface area contributed by atoms with E-state index in [1.165, 1.54) is 0 Å². The molecule has 1 aromatic carbocycles. The van der Waals surface area contributed by atoms with Gasteiger partial charge in [0.25, 0.3) is 0 Å². The van der Waals surface area contributed by atoms with E-state index in [9.17, 15) is 21.6 Å². The minimum Gasteiger partial charge on any atom is -0.208 e. The molecule has 0 unspecified atom stereocenters. The first-order chi connectivity index (χ1) is 8.58. The van der Waals surface area contributed by atoms with Crippen LogP contribution in [-0.4, -0.2) is 14.5 Å². The molecule has 19 heavy (non-hydrogen) atoms. The second-order valence-corrected chi connectivity index (χ2v) is 6.16. The average Bonchev–Trinajstić information content (AvgIpc) is 2.26. The van der Waals surface area contributed by atoms with Crippen LogP contribution in [0, 0.1) is 0 Å². The maximum absolute atomic E-state index is 12.6. The van der Waals surface area contributed by atoms with Crippen LogP contribution in [0.4, 0.5) is 13.2 Å². The summed E-state index contributed by atoms with van der Waals surface area (Å²) in [5, 5.41) is -0.246. The minimum absolute atomic E-state index is 0.246. The zero-order chi connectivity index (χ0) is 14.8. The minimum atomic E-state index is -4.62. The molecule has 1 aromatic rings. The van der Waals surface area contributed by atoms with Gasteiger partial charge in [-0.1, -0.05) is 18.5 Å². The number of benzene rings is 1. The van der Waals surface area contributed by atoms with E-state index in [1.807, 2.05) is 0 Å². The van der Waals surface area contributed by atoms with Crippen molar-refractivity contribution in [3.63, 3.8) is 0 Å². The first kappa shape index (κ1) is 16.3.